The minimum atomic E-state index is -1.66. The normalized spacial score (nSPS) is 48.8. The third-order valence-corrected chi connectivity index (χ3v) is 13.1. The zero-order valence-corrected chi connectivity index (χ0v) is 36.1. The summed E-state index contributed by atoms with van der Waals surface area (Å²) in [4.78, 5) is 30.0. The number of carbonyl (C=O) groups excluding carboxylic acids is 2. The first-order valence-corrected chi connectivity index (χ1v) is 20.3. The van der Waals surface area contributed by atoms with Crippen LogP contribution in [0.5, 0.6) is 0 Å². The van der Waals surface area contributed by atoms with Gasteiger partial charge in [0.2, 0.25) is 0 Å². The quantitative estimate of drug-likeness (QED) is 0.151. The molecular formula is C41H72N2O13. The van der Waals surface area contributed by atoms with E-state index in [0.717, 1.165) is 0 Å². The number of rotatable bonds is 9. The molecule has 0 aromatic rings. The van der Waals surface area contributed by atoms with Crippen LogP contribution in [-0.4, -0.2) is 167 Å². The molecule has 1 saturated carbocycles. The van der Waals surface area contributed by atoms with Crippen molar-refractivity contribution in [1.82, 2.24) is 9.80 Å². The number of hydrogen-bond donors (Lipinski definition) is 4. The van der Waals surface area contributed by atoms with Gasteiger partial charge in [0.05, 0.1) is 53.8 Å². The Morgan fingerprint density at radius 2 is 1.61 bits per heavy atom. The minimum absolute atomic E-state index is 0.126. The fraction of sp³-hybridized carbons (Fsp3) is 0.902. The van der Waals surface area contributed by atoms with Crippen LogP contribution in [0.1, 0.15) is 88.5 Å². The van der Waals surface area contributed by atoms with Crippen molar-refractivity contribution < 1.29 is 63.2 Å². The van der Waals surface area contributed by atoms with Gasteiger partial charge in [0.1, 0.15) is 23.9 Å². The summed E-state index contributed by atoms with van der Waals surface area (Å²) in [6.45, 7) is 18.0. The monoisotopic (exact) mass is 801 g/mol. The topological polar surface area (TPSA) is 186 Å². The standard InChI is InChI=1S/C41H72N2O13/c1-21-18-39(9,48)35(56-38-32(51-16-15-22(2)44)29(42(11)12)17-23(3)52-38)24(4)31(54-30-19-40(10,50-14)34(46)28(8)53-30)25(5)37(47)55-36-26(6)41(36,49)33(45)27(7)43(13)20-21/h15-16,21,23-36,38,45-46,48-49H,17-20H2,1-14H3/b16-15+/t21-,23-,24+,25-,26?,27-,28+,29+,30+,31+,32-,33-,34+,35-,36-,38+,39+,40-,41+/m1/s1. The van der Waals surface area contributed by atoms with Crippen molar-refractivity contribution >= 4 is 11.8 Å². The Hall–Kier alpha value is -1.76. The number of aliphatic hydroxyl groups is 4. The number of fused-ring (bicyclic) bond motifs is 1. The number of methoxy groups -OCH3 is 1. The zero-order chi connectivity index (χ0) is 42.2. The lowest BCUT2D eigenvalue weighted by Gasteiger charge is -2.49. The van der Waals surface area contributed by atoms with Gasteiger partial charge in [0.15, 0.2) is 24.5 Å². The highest BCUT2D eigenvalue weighted by molar-refractivity contribution is 5.86. The van der Waals surface area contributed by atoms with E-state index in [1.807, 2.05) is 58.6 Å². The maximum atomic E-state index is 14.2. The highest BCUT2D eigenvalue weighted by Crippen LogP contribution is 2.50. The Bertz CT molecular complexity index is 1370. The van der Waals surface area contributed by atoms with Gasteiger partial charge in [0.25, 0.3) is 0 Å². The molecule has 3 heterocycles. The average molecular weight is 801 g/mol. The Morgan fingerprint density at radius 1 is 0.964 bits per heavy atom. The van der Waals surface area contributed by atoms with Crippen molar-refractivity contribution in [2.75, 3.05) is 34.8 Å². The lowest BCUT2D eigenvalue weighted by atomic mass is 9.77. The van der Waals surface area contributed by atoms with Crippen molar-refractivity contribution in [3.63, 3.8) is 0 Å². The second-order valence-corrected chi connectivity index (χ2v) is 18.2. The summed E-state index contributed by atoms with van der Waals surface area (Å²) in [5.74, 6) is -3.30. The van der Waals surface area contributed by atoms with E-state index >= 15 is 0 Å². The number of hydrogen-bond acceptors (Lipinski definition) is 15. The molecule has 0 amide bonds. The molecule has 4 aliphatic rings. The van der Waals surface area contributed by atoms with E-state index in [4.69, 9.17) is 33.2 Å². The highest BCUT2D eigenvalue weighted by atomic mass is 16.7. The molecule has 4 fully saturated rings. The highest BCUT2D eigenvalue weighted by Gasteiger charge is 2.70. The molecular weight excluding hydrogens is 728 g/mol. The smallest absolute Gasteiger partial charge is 0.311 e. The average Bonchev–Trinajstić information content (AvgIpc) is 3.63. The Morgan fingerprint density at radius 3 is 2.20 bits per heavy atom. The molecule has 1 unspecified atom stereocenters. The molecule has 19 atom stereocenters. The summed E-state index contributed by atoms with van der Waals surface area (Å²) in [5, 5.41) is 46.8. The number of ketones is 1. The number of allylic oxidation sites excluding steroid dienone is 1. The number of likely N-dealkylation sites (N-methyl/N-ethyl adjacent to an activating group) is 2. The number of carbonyl (C=O) groups is 2. The summed E-state index contributed by atoms with van der Waals surface area (Å²) in [7, 11) is 7.22. The number of ether oxygens (including phenoxy) is 7. The van der Waals surface area contributed by atoms with E-state index in [-0.39, 0.29) is 36.7 Å². The Balaban J connectivity index is 1.83. The number of aliphatic hydroxyl groups excluding tert-OH is 2. The molecule has 15 heteroatoms. The molecule has 3 aliphatic heterocycles. The Kier molecular flexibility index (Phi) is 15.3. The van der Waals surface area contributed by atoms with Crippen LogP contribution in [0.3, 0.4) is 0 Å². The fourth-order valence-electron chi connectivity index (χ4n) is 9.33. The van der Waals surface area contributed by atoms with E-state index in [1.165, 1.54) is 26.4 Å². The van der Waals surface area contributed by atoms with E-state index < -0.39 is 102 Å². The van der Waals surface area contributed by atoms with Crippen molar-refractivity contribution in [1.29, 1.82) is 0 Å². The molecule has 15 nitrogen and oxygen atoms in total. The van der Waals surface area contributed by atoms with Gasteiger partial charge in [-0.2, -0.15) is 0 Å². The molecule has 3 saturated heterocycles. The molecule has 0 aromatic carbocycles. The SMILES string of the molecule is CO[C@]1(C)C[C@H](O[C@H]2[C@H](C)[C@@H](O[C@@H]3O[C@H](C)C[C@H](N(C)C)[C@H]3O/C=C/C(C)=O)[C@@](C)(O)C[C@@H](C)CN(C)[C@H](C)[C@@H](O)[C@@]3(O)C(C)[C@H]3OC(=O)[C@@H]2C)O[C@@H](C)[C@@H]1O. The van der Waals surface area contributed by atoms with Crippen molar-refractivity contribution in [3.8, 4) is 0 Å². The molecule has 4 rings (SSSR count). The summed E-state index contributed by atoms with van der Waals surface area (Å²) < 4.78 is 44.3. The van der Waals surface area contributed by atoms with Gasteiger partial charge in [-0.25, -0.2) is 0 Å². The van der Waals surface area contributed by atoms with Gasteiger partial charge in [-0.05, 0) is 88.4 Å². The van der Waals surface area contributed by atoms with E-state index in [9.17, 15) is 30.0 Å². The van der Waals surface area contributed by atoms with Gasteiger partial charge < -0.3 is 63.4 Å². The van der Waals surface area contributed by atoms with Crippen molar-refractivity contribution in [2.45, 2.75) is 179 Å². The van der Waals surface area contributed by atoms with Crippen LogP contribution in [0.15, 0.2) is 12.3 Å². The predicted octanol–water partition coefficient (Wildman–Crippen LogP) is 2.25. The first-order valence-electron chi connectivity index (χ1n) is 20.3. The van der Waals surface area contributed by atoms with E-state index in [0.29, 0.717) is 13.0 Å². The second kappa shape index (κ2) is 18.2. The first kappa shape index (κ1) is 46.9. The number of esters is 1. The molecule has 1 aliphatic carbocycles. The van der Waals surface area contributed by atoms with Crippen LogP contribution in [0.2, 0.25) is 0 Å². The van der Waals surface area contributed by atoms with Crippen LogP contribution in [0, 0.1) is 23.7 Å². The summed E-state index contributed by atoms with van der Waals surface area (Å²) in [6, 6.07) is -0.709. The van der Waals surface area contributed by atoms with Gasteiger partial charge in [-0.3, -0.25) is 9.59 Å². The van der Waals surface area contributed by atoms with Gasteiger partial charge in [0, 0.05) is 44.0 Å². The van der Waals surface area contributed by atoms with Gasteiger partial charge in [-0.1, -0.05) is 20.8 Å². The van der Waals surface area contributed by atoms with E-state index in [2.05, 4.69) is 0 Å². The van der Waals surface area contributed by atoms with Crippen molar-refractivity contribution in [3.05, 3.63) is 12.3 Å². The third-order valence-electron chi connectivity index (χ3n) is 13.1. The van der Waals surface area contributed by atoms with Gasteiger partial charge in [-0.15, -0.1) is 0 Å². The molecule has 324 valence electrons. The maximum absolute atomic E-state index is 14.2. The van der Waals surface area contributed by atoms with Crippen LogP contribution < -0.4 is 0 Å². The van der Waals surface area contributed by atoms with E-state index in [1.54, 1.807) is 34.6 Å². The molecule has 0 bridgehead atoms. The number of nitrogens with zero attached hydrogens (tertiary/aromatic N) is 2. The predicted molar refractivity (Wildman–Crippen MR) is 206 cm³/mol. The zero-order valence-electron chi connectivity index (χ0n) is 36.1. The Labute approximate surface area is 333 Å². The van der Waals surface area contributed by atoms with Crippen LogP contribution in [-0.2, 0) is 42.7 Å². The van der Waals surface area contributed by atoms with Crippen LogP contribution >= 0.6 is 0 Å². The molecule has 0 radical (unpaired) electrons. The summed E-state index contributed by atoms with van der Waals surface area (Å²) in [5.41, 5.74) is -4.26. The fourth-order valence-corrected chi connectivity index (χ4v) is 9.33. The van der Waals surface area contributed by atoms with Crippen LogP contribution in [0.4, 0.5) is 0 Å². The van der Waals surface area contributed by atoms with Crippen LogP contribution in [0.25, 0.3) is 0 Å². The molecule has 0 aromatic heterocycles. The summed E-state index contributed by atoms with van der Waals surface area (Å²) in [6.07, 6.45) is -5.22. The molecule has 0 spiro atoms. The summed E-state index contributed by atoms with van der Waals surface area (Å²) >= 11 is 0. The first-order chi connectivity index (χ1) is 25.9. The lowest BCUT2D eigenvalue weighted by Crippen LogP contribution is -2.60. The maximum Gasteiger partial charge on any atom is 0.311 e. The lowest BCUT2D eigenvalue weighted by molar-refractivity contribution is -0.318. The van der Waals surface area contributed by atoms with Crippen molar-refractivity contribution in [2.24, 2.45) is 23.7 Å². The molecule has 4 N–H and O–H groups in total. The molecule has 56 heavy (non-hydrogen) atoms. The largest absolute Gasteiger partial charge is 0.491 e. The second-order valence-electron chi connectivity index (χ2n) is 18.2. The van der Waals surface area contributed by atoms with Gasteiger partial charge >= 0.3 is 5.97 Å². The minimum Gasteiger partial charge on any atom is -0.491 e. The third kappa shape index (κ3) is 9.98.